The monoisotopic (exact) mass is 589 g/mol. The van der Waals surface area contributed by atoms with E-state index in [-0.39, 0.29) is 25.0 Å². The van der Waals surface area contributed by atoms with E-state index in [1.165, 1.54) is 12.1 Å². The number of rotatable bonds is 15. The Morgan fingerprint density at radius 1 is 0.605 bits per heavy atom. The first kappa shape index (κ1) is 32.3. The molecule has 4 unspecified atom stereocenters. The Labute approximate surface area is 248 Å². The molecule has 0 spiro atoms. The number of nitrogens with two attached hydrogens (primary N) is 2. The van der Waals surface area contributed by atoms with Crippen LogP contribution in [0.5, 0.6) is 5.75 Å². The average molecular weight is 590 g/mol. The Kier molecular flexibility index (Phi) is 11.8. The van der Waals surface area contributed by atoms with Crippen LogP contribution in [0, 0.1) is 0 Å². The van der Waals surface area contributed by atoms with Crippen molar-refractivity contribution >= 4 is 29.6 Å². The first-order chi connectivity index (χ1) is 20.5. The van der Waals surface area contributed by atoms with Crippen molar-refractivity contribution in [3.05, 3.63) is 102 Å². The van der Waals surface area contributed by atoms with Crippen LogP contribution >= 0.6 is 0 Å². The molecule has 3 rings (SSSR count). The van der Waals surface area contributed by atoms with Crippen LogP contribution in [0.25, 0.3) is 0 Å². The first-order valence-electron chi connectivity index (χ1n) is 13.6. The summed E-state index contributed by atoms with van der Waals surface area (Å²) >= 11 is 0. The minimum Gasteiger partial charge on any atom is -0.508 e. The van der Waals surface area contributed by atoms with E-state index in [9.17, 15) is 34.2 Å². The molecule has 0 aromatic heterocycles. The van der Waals surface area contributed by atoms with Crippen molar-refractivity contribution in [1.82, 2.24) is 16.0 Å². The number of carboxylic acids is 1. The minimum atomic E-state index is -1.51. The molecule has 12 nitrogen and oxygen atoms in total. The molecule has 12 heteroatoms. The highest BCUT2D eigenvalue weighted by molar-refractivity contribution is 5.96. The molecular weight excluding hydrogens is 554 g/mol. The van der Waals surface area contributed by atoms with E-state index in [0.29, 0.717) is 16.7 Å². The molecule has 0 aliphatic heterocycles. The maximum Gasteiger partial charge on any atom is 0.326 e. The van der Waals surface area contributed by atoms with E-state index in [4.69, 9.17) is 11.5 Å². The zero-order chi connectivity index (χ0) is 31.4. The van der Waals surface area contributed by atoms with Crippen molar-refractivity contribution in [3.63, 3.8) is 0 Å². The highest BCUT2D eigenvalue weighted by Crippen LogP contribution is 2.12. The number of nitrogens with one attached hydrogen (secondary N) is 3. The van der Waals surface area contributed by atoms with Crippen molar-refractivity contribution in [1.29, 1.82) is 0 Å². The number of primary amides is 1. The fraction of sp³-hybridized carbons (Fsp3) is 0.258. The number of hydrogen-bond acceptors (Lipinski definition) is 7. The largest absolute Gasteiger partial charge is 0.508 e. The van der Waals surface area contributed by atoms with Crippen LogP contribution in [0.4, 0.5) is 0 Å². The van der Waals surface area contributed by atoms with Gasteiger partial charge in [-0.3, -0.25) is 19.2 Å². The van der Waals surface area contributed by atoms with Crippen LogP contribution in [0.1, 0.15) is 23.1 Å². The lowest BCUT2D eigenvalue weighted by Crippen LogP contribution is -2.58. The normalized spacial score (nSPS) is 13.5. The predicted molar refractivity (Wildman–Crippen MR) is 157 cm³/mol. The molecule has 0 aliphatic rings. The summed E-state index contributed by atoms with van der Waals surface area (Å²) in [7, 11) is 0. The highest BCUT2D eigenvalue weighted by atomic mass is 16.4. The van der Waals surface area contributed by atoms with Crippen LogP contribution in [0.2, 0.25) is 0 Å². The molecule has 3 aromatic rings. The summed E-state index contributed by atoms with van der Waals surface area (Å²) in [6, 6.07) is 18.5. The van der Waals surface area contributed by atoms with Crippen molar-refractivity contribution in [2.24, 2.45) is 11.5 Å². The molecule has 0 fully saturated rings. The summed E-state index contributed by atoms with van der Waals surface area (Å²) < 4.78 is 0. The van der Waals surface area contributed by atoms with Crippen LogP contribution in [-0.4, -0.2) is 64.0 Å². The van der Waals surface area contributed by atoms with Crippen molar-refractivity contribution in [2.75, 3.05) is 0 Å². The lowest BCUT2D eigenvalue weighted by atomic mass is 10.0. The van der Waals surface area contributed by atoms with Gasteiger partial charge in [-0.15, -0.1) is 0 Å². The quantitative estimate of drug-likeness (QED) is 0.129. The summed E-state index contributed by atoms with van der Waals surface area (Å²) in [6.07, 6.45) is -0.496. The van der Waals surface area contributed by atoms with Gasteiger partial charge in [0.25, 0.3) is 0 Å². The number of hydrogen-bond donors (Lipinski definition) is 7. The average Bonchev–Trinajstić information content (AvgIpc) is 2.98. The first-order valence-corrected chi connectivity index (χ1v) is 13.6. The van der Waals surface area contributed by atoms with Gasteiger partial charge >= 0.3 is 5.97 Å². The molecule has 3 aromatic carbocycles. The number of amides is 4. The summed E-state index contributed by atoms with van der Waals surface area (Å²) in [4.78, 5) is 63.3. The third-order valence-corrected chi connectivity index (χ3v) is 6.58. The second-order valence-corrected chi connectivity index (χ2v) is 10.0. The fourth-order valence-corrected chi connectivity index (χ4v) is 4.32. The molecule has 0 aliphatic carbocycles. The molecule has 0 radical (unpaired) electrons. The van der Waals surface area contributed by atoms with Crippen molar-refractivity contribution in [3.8, 4) is 5.75 Å². The SMILES string of the molecule is NC(=O)CC(NC(=O)C(Cc1ccccc1)NC(=O)C(N)Cc1ccc(O)cc1)C(=O)NC(Cc1ccccc1)C(=O)O. The molecule has 43 heavy (non-hydrogen) atoms. The van der Waals surface area contributed by atoms with Gasteiger partial charge < -0.3 is 37.6 Å². The summed E-state index contributed by atoms with van der Waals surface area (Å²) in [6.45, 7) is 0. The van der Waals surface area contributed by atoms with Crippen molar-refractivity contribution in [2.45, 2.75) is 49.9 Å². The van der Waals surface area contributed by atoms with Gasteiger partial charge in [0.2, 0.25) is 23.6 Å². The molecule has 0 bridgehead atoms. The molecule has 0 saturated carbocycles. The van der Waals surface area contributed by atoms with E-state index >= 15 is 0 Å². The summed E-state index contributed by atoms with van der Waals surface area (Å²) in [5.41, 5.74) is 13.5. The van der Waals surface area contributed by atoms with Crippen LogP contribution in [-0.2, 0) is 43.2 Å². The van der Waals surface area contributed by atoms with Gasteiger partial charge in [-0.1, -0.05) is 72.8 Å². The van der Waals surface area contributed by atoms with E-state index in [0.717, 1.165) is 0 Å². The van der Waals surface area contributed by atoms with Gasteiger partial charge in [0, 0.05) is 12.8 Å². The van der Waals surface area contributed by atoms with Gasteiger partial charge in [-0.05, 0) is 35.2 Å². The van der Waals surface area contributed by atoms with Gasteiger partial charge in [0.1, 0.15) is 23.9 Å². The third-order valence-electron chi connectivity index (χ3n) is 6.58. The number of carbonyl (C=O) groups is 5. The number of carbonyl (C=O) groups excluding carboxylic acids is 4. The Morgan fingerprint density at radius 3 is 1.56 bits per heavy atom. The number of aliphatic carboxylic acids is 1. The van der Waals surface area contributed by atoms with Gasteiger partial charge in [0.15, 0.2) is 0 Å². The molecular formula is C31H35N5O7. The Morgan fingerprint density at radius 2 is 1.05 bits per heavy atom. The van der Waals surface area contributed by atoms with E-state index < -0.39 is 60.2 Å². The molecule has 0 heterocycles. The number of aromatic hydroxyl groups is 1. The lowest BCUT2D eigenvalue weighted by molar-refractivity contribution is -0.142. The predicted octanol–water partition coefficient (Wildman–Crippen LogP) is 0.162. The van der Waals surface area contributed by atoms with E-state index in [1.807, 2.05) is 0 Å². The second kappa shape index (κ2) is 15.7. The third kappa shape index (κ3) is 10.6. The van der Waals surface area contributed by atoms with Gasteiger partial charge in [-0.2, -0.15) is 0 Å². The minimum absolute atomic E-state index is 0.0288. The Bertz CT molecular complexity index is 1400. The lowest BCUT2D eigenvalue weighted by Gasteiger charge is -2.25. The number of carboxylic acid groups (broad SMARTS) is 1. The molecule has 0 saturated heterocycles. The number of benzene rings is 3. The maximum absolute atomic E-state index is 13.5. The topological polar surface area (TPSA) is 214 Å². The van der Waals surface area contributed by atoms with Gasteiger partial charge in [-0.25, -0.2) is 4.79 Å². The zero-order valence-electron chi connectivity index (χ0n) is 23.3. The van der Waals surface area contributed by atoms with Crippen LogP contribution in [0.15, 0.2) is 84.9 Å². The van der Waals surface area contributed by atoms with E-state index in [2.05, 4.69) is 16.0 Å². The van der Waals surface area contributed by atoms with Crippen molar-refractivity contribution < 1.29 is 34.2 Å². The summed E-state index contributed by atoms with van der Waals surface area (Å²) in [5.74, 6) is -4.53. The summed E-state index contributed by atoms with van der Waals surface area (Å²) in [5, 5.41) is 26.6. The zero-order valence-corrected chi connectivity index (χ0v) is 23.3. The maximum atomic E-state index is 13.5. The van der Waals surface area contributed by atoms with Crippen LogP contribution < -0.4 is 27.4 Å². The molecule has 4 atom stereocenters. The van der Waals surface area contributed by atoms with Crippen LogP contribution in [0.3, 0.4) is 0 Å². The fourth-order valence-electron chi connectivity index (χ4n) is 4.32. The molecule has 4 amide bonds. The second-order valence-electron chi connectivity index (χ2n) is 10.0. The smallest absolute Gasteiger partial charge is 0.326 e. The number of phenols is 1. The molecule has 9 N–H and O–H groups in total. The standard InChI is InChI=1S/C31H35N5O7/c32-23(15-21-11-13-22(37)14-12-21)28(39)34-24(16-19-7-3-1-4-8-19)29(40)35-25(18-27(33)38)30(41)36-26(31(42)43)17-20-9-5-2-6-10-20/h1-14,23-26,37H,15-18,32H2,(H2,33,38)(H,34,39)(H,35,40)(H,36,41)(H,42,43). The Hall–Kier alpha value is -5.23. The van der Waals surface area contributed by atoms with Gasteiger partial charge in [0.05, 0.1) is 12.5 Å². The number of phenolic OH excluding ortho intramolecular Hbond substituents is 1. The van der Waals surface area contributed by atoms with E-state index in [1.54, 1.807) is 72.8 Å². The molecule has 226 valence electrons. The highest BCUT2D eigenvalue weighted by Gasteiger charge is 2.31. The Balaban J connectivity index is 1.76.